The molecule has 128 valence electrons. The van der Waals surface area contributed by atoms with Crippen molar-refractivity contribution < 1.29 is 9.84 Å². The molecule has 0 radical (unpaired) electrons. The van der Waals surface area contributed by atoms with E-state index in [0.717, 1.165) is 51.3 Å². The number of pyridine rings is 1. The Kier molecular flexibility index (Phi) is 5.11. The third-order valence-corrected chi connectivity index (χ3v) is 5.63. The van der Waals surface area contributed by atoms with Crippen LogP contribution in [0.25, 0.3) is 0 Å². The summed E-state index contributed by atoms with van der Waals surface area (Å²) in [7, 11) is 4.09. The number of hydrogen-bond donors (Lipinski definition) is 1. The van der Waals surface area contributed by atoms with Gasteiger partial charge in [-0.1, -0.05) is 11.6 Å². The highest BCUT2D eigenvalue weighted by Gasteiger charge is 2.56. The van der Waals surface area contributed by atoms with Crippen molar-refractivity contribution in [3.63, 3.8) is 0 Å². The predicted octanol–water partition coefficient (Wildman–Crippen LogP) is 2.03. The first-order valence-electron chi connectivity index (χ1n) is 8.33. The van der Waals surface area contributed by atoms with E-state index < -0.39 is 0 Å². The molecule has 3 rings (SSSR count). The molecule has 0 unspecified atom stereocenters. The molecule has 1 saturated heterocycles. The second-order valence-electron chi connectivity index (χ2n) is 6.94. The van der Waals surface area contributed by atoms with Crippen molar-refractivity contribution in [1.82, 2.24) is 9.88 Å². The highest BCUT2D eigenvalue weighted by atomic mass is 35.5. The quantitative estimate of drug-likeness (QED) is 0.889. The Morgan fingerprint density at radius 3 is 2.78 bits per heavy atom. The summed E-state index contributed by atoms with van der Waals surface area (Å²) in [4.78, 5) is 8.73. The molecule has 2 fully saturated rings. The van der Waals surface area contributed by atoms with Crippen LogP contribution in [0, 0.1) is 5.41 Å². The molecule has 1 saturated carbocycles. The molecule has 2 aliphatic rings. The van der Waals surface area contributed by atoms with Crippen LogP contribution in [-0.4, -0.2) is 67.5 Å². The van der Waals surface area contributed by atoms with E-state index in [1.54, 1.807) is 6.20 Å². The third kappa shape index (κ3) is 3.33. The van der Waals surface area contributed by atoms with Gasteiger partial charge in [0.05, 0.1) is 23.8 Å². The number of ether oxygens (including phenoxy) is 1. The van der Waals surface area contributed by atoms with E-state index >= 15 is 0 Å². The molecule has 1 aromatic rings. The number of aliphatic hydroxyl groups excluding tert-OH is 1. The molecule has 23 heavy (non-hydrogen) atoms. The van der Waals surface area contributed by atoms with Crippen molar-refractivity contribution in [2.75, 3.05) is 45.2 Å². The number of aromatic nitrogens is 1. The van der Waals surface area contributed by atoms with E-state index in [0.29, 0.717) is 5.02 Å². The van der Waals surface area contributed by atoms with E-state index in [4.69, 9.17) is 16.3 Å². The van der Waals surface area contributed by atoms with E-state index in [-0.39, 0.29) is 17.6 Å². The third-order valence-electron chi connectivity index (χ3n) is 5.33. The van der Waals surface area contributed by atoms with Crippen molar-refractivity contribution in [3.05, 3.63) is 23.4 Å². The van der Waals surface area contributed by atoms with E-state index in [2.05, 4.69) is 14.8 Å². The Morgan fingerprint density at radius 2 is 2.17 bits per heavy atom. The Morgan fingerprint density at radius 1 is 1.43 bits per heavy atom. The monoisotopic (exact) mass is 339 g/mol. The van der Waals surface area contributed by atoms with E-state index in [1.165, 1.54) is 0 Å². The van der Waals surface area contributed by atoms with Gasteiger partial charge in [0.1, 0.15) is 5.82 Å². The zero-order valence-electron chi connectivity index (χ0n) is 13.9. The first-order chi connectivity index (χ1) is 11.0. The Hall–Kier alpha value is -0.880. The molecule has 1 aliphatic carbocycles. The summed E-state index contributed by atoms with van der Waals surface area (Å²) in [5, 5.41) is 11.1. The minimum Gasteiger partial charge on any atom is -0.392 e. The molecule has 0 aromatic carbocycles. The molecule has 0 amide bonds. The molecular weight excluding hydrogens is 314 g/mol. The lowest BCUT2D eigenvalue weighted by atomic mass is 9.58. The first kappa shape index (κ1) is 17.0. The van der Waals surface area contributed by atoms with Gasteiger partial charge in [0.2, 0.25) is 0 Å². The zero-order valence-corrected chi connectivity index (χ0v) is 14.7. The highest BCUT2D eigenvalue weighted by Crippen LogP contribution is 2.51. The Bertz CT molecular complexity index is 532. The first-order valence-corrected chi connectivity index (χ1v) is 8.70. The highest BCUT2D eigenvalue weighted by molar-refractivity contribution is 6.32. The molecule has 1 aromatic heterocycles. The summed E-state index contributed by atoms with van der Waals surface area (Å²) in [6.45, 7) is 3.36. The van der Waals surface area contributed by atoms with Gasteiger partial charge in [-0.05, 0) is 39.1 Å². The fraction of sp³-hybridized carbons (Fsp3) is 0.706. The summed E-state index contributed by atoms with van der Waals surface area (Å²) < 4.78 is 6.06. The second-order valence-corrected chi connectivity index (χ2v) is 7.35. The van der Waals surface area contributed by atoms with Gasteiger partial charge >= 0.3 is 0 Å². The van der Waals surface area contributed by atoms with Crippen LogP contribution in [0.2, 0.25) is 5.02 Å². The minimum absolute atomic E-state index is 0.0793. The number of piperidine rings is 1. The van der Waals surface area contributed by atoms with Gasteiger partial charge in [-0.25, -0.2) is 4.98 Å². The maximum absolute atomic E-state index is 10.4. The topological polar surface area (TPSA) is 48.8 Å². The number of halogens is 1. The smallest absolute Gasteiger partial charge is 0.147 e. The summed E-state index contributed by atoms with van der Waals surface area (Å²) in [5.41, 5.74) is -0.0793. The fourth-order valence-corrected chi connectivity index (χ4v) is 3.98. The van der Waals surface area contributed by atoms with Crippen LogP contribution in [0.15, 0.2) is 18.3 Å². The predicted molar refractivity (Wildman–Crippen MR) is 92.0 cm³/mol. The van der Waals surface area contributed by atoms with Gasteiger partial charge in [0.25, 0.3) is 0 Å². The van der Waals surface area contributed by atoms with Gasteiger partial charge in [-0.15, -0.1) is 0 Å². The molecule has 1 aliphatic heterocycles. The summed E-state index contributed by atoms with van der Waals surface area (Å²) in [6.07, 6.45) is 4.32. The van der Waals surface area contributed by atoms with Gasteiger partial charge in [0.15, 0.2) is 0 Å². The van der Waals surface area contributed by atoms with E-state index in [1.807, 2.05) is 26.2 Å². The van der Waals surface area contributed by atoms with Gasteiger partial charge in [-0.2, -0.15) is 0 Å². The van der Waals surface area contributed by atoms with Gasteiger partial charge < -0.3 is 19.6 Å². The van der Waals surface area contributed by atoms with Gasteiger partial charge in [0, 0.05) is 37.7 Å². The lowest BCUT2D eigenvalue weighted by Crippen LogP contribution is -2.62. The van der Waals surface area contributed by atoms with Crippen molar-refractivity contribution in [3.8, 4) is 0 Å². The zero-order chi connectivity index (χ0) is 16.4. The normalized spacial score (nSPS) is 26.6. The molecule has 2 heterocycles. The number of nitrogens with zero attached hydrogens (tertiary/aromatic N) is 3. The molecule has 2 atom stereocenters. The van der Waals surface area contributed by atoms with Crippen molar-refractivity contribution in [1.29, 1.82) is 0 Å². The average Bonchev–Trinajstić information content (AvgIpc) is 2.54. The van der Waals surface area contributed by atoms with Crippen LogP contribution < -0.4 is 4.90 Å². The standard InChI is InChI=1S/C17H26ClN3O2/c1-20(2)10-11-23-15-12-14(22)17(15)5-8-21(9-6-17)16-13(18)4-3-7-19-16/h3-4,7,14-15,22H,5-6,8-12H2,1-2H3/t14-,15+/m1/s1. The van der Waals surface area contributed by atoms with Crippen molar-refractivity contribution >= 4 is 17.4 Å². The van der Waals surface area contributed by atoms with Gasteiger partial charge in [-0.3, -0.25) is 0 Å². The molecule has 0 bridgehead atoms. The van der Waals surface area contributed by atoms with Crippen LogP contribution in [0.5, 0.6) is 0 Å². The summed E-state index contributed by atoms with van der Waals surface area (Å²) in [6, 6.07) is 3.72. The van der Waals surface area contributed by atoms with Crippen LogP contribution in [-0.2, 0) is 4.74 Å². The van der Waals surface area contributed by atoms with Crippen molar-refractivity contribution in [2.45, 2.75) is 31.5 Å². The molecule has 1 N–H and O–H groups in total. The summed E-state index contributed by atoms with van der Waals surface area (Å²) >= 11 is 6.25. The number of hydrogen-bond acceptors (Lipinski definition) is 5. The Balaban J connectivity index is 1.59. The van der Waals surface area contributed by atoms with Crippen LogP contribution in [0.1, 0.15) is 19.3 Å². The van der Waals surface area contributed by atoms with Crippen LogP contribution in [0.3, 0.4) is 0 Å². The molecule has 5 nitrogen and oxygen atoms in total. The molecular formula is C17H26ClN3O2. The van der Waals surface area contributed by atoms with Crippen LogP contribution >= 0.6 is 11.6 Å². The Labute approximate surface area is 143 Å². The number of anilines is 1. The minimum atomic E-state index is -0.242. The number of likely N-dealkylation sites (N-methyl/N-ethyl adjacent to an activating group) is 1. The lowest BCUT2D eigenvalue weighted by molar-refractivity contribution is -0.202. The van der Waals surface area contributed by atoms with Crippen LogP contribution in [0.4, 0.5) is 5.82 Å². The maximum Gasteiger partial charge on any atom is 0.147 e. The fourth-order valence-electron chi connectivity index (χ4n) is 3.74. The largest absolute Gasteiger partial charge is 0.392 e. The second kappa shape index (κ2) is 6.93. The number of rotatable bonds is 5. The average molecular weight is 340 g/mol. The molecule has 1 spiro atoms. The lowest BCUT2D eigenvalue weighted by Gasteiger charge is -2.56. The van der Waals surface area contributed by atoms with Crippen molar-refractivity contribution in [2.24, 2.45) is 5.41 Å². The SMILES string of the molecule is CN(C)CCO[C@H]1C[C@@H](O)C12CCN(c1ncccc1Cl)CC2. The molecule has 6 heteroatoms. The number of aliphatic hydroxyl groups is 1. The maximum atomic E-state index is 10.4. The summed E-state index contributed by atoms with van der Waals surface area (Å²) in [5.74, 6) is 0.850. The van der Waals surface area contributed by atoms with E-state index in [9.17, 15) is 5.11 Å².